The van der Waals surface area contributed by atoms with E-state index in [1.165, 1.54) is 22.8 Å². The number of aryl methyl sites for hydroxylation is 2. The van der Waals surface area contributed by atoms with E-state index in [1.807, 2.05) is 12.1 Å². The molecule has 0 aliphatic carbocycles. The maximum absolute atomic E-state index is 14.1. The summed E-state index contributed by atoms with van der Waals surface area (Å²) in [6.07, 6.45) is 2.58. The number of hydrogen-bond donors (Lipinski definition) is 1. The number of benzene rings is 2. The van der Waals surface area contributed by atoms with Crippen molar-refractivity contribution >= 4 is 0 Å². The molecule has 1 atom stereocenters. The van der Waals surface area contributed by atoms with Crippen LogP contribution in [0.15, 0.2) is 42.5 Å². The molecule has 1 heterocycles. The van der Waals surface area contributed by atoms with Gasteiger partial charge in [0.25, 0.3) is 0 Å². The lowest BCUT2D eigenvalue weighted by molar-refractivity contribution is 0.0282. The lowest BCUT2D eigenvalue weighted by Crippen LogP contribution is -2.46. The van der Waals surface area contributed by atoms with Crippen LogP contribution >= 0.6 is 0 Å². The smallest absolute Gasteiger partial charge is 0.126 e. The molecule has 2 nitrogen and oxygen atoms in total. The molecule has 0 spiro atoms. The molecule has 0 saturated carbocycles. The monoisotopic (exact) mass is 341 g/mol. The molecule has 1 aliphatic rings. The Morgan fingerprint density at radius 1 is 1.12 bits per heavy atom. The number of likely N-dealkylation sites (tertiary alicyclic amines) is 1. The van der Waals surface area contributed by atoms with E-state index in [1.54, 1.807) is 6.07 Å². The number of rotatable bonds is 5. The van der Waals surface area contributed by atoms with Crippen LogP contribution in [0.5, 0.6) is 0 Å². The topological polar surface area (TPSA) is 23.5 Å². The summed E-state index contributed by atoms with van der Waals surface area (Å²) in [6.45, 7) is 7.11. The maximum Gasteiger partial charge on any atom is 0.126 e. The summed E-state index contributed by atoms with van der Waals surface area (Å²) in [6, 6.07) is 13.5. The number of aliphatic hydroxyl groups excluding tert-OH is 1. The summed E-state index contributed by atoms with van der Waals surface area (Å²) in [5.74, 6) is -0.165. The fourth-order valence-electron chi connectivity index (χ4n) is 4.03. The van der Waals surface area contributed by atoms with Crippen LogP contribution in [-0.2, 0) is 13.0 Å². The van der Waals surface area contributed by atoms with E-state index in [2.05, 4.69) is 36.9 Å². The molecule has 0 bridgehead atoms. The molecule has 1 N–H and O–H groups in total. The second-order valence-electron chi connectivity index (χ2n) is 7.67. The molecular weight excluding hydrogens is 313 g/mol. The van der Waals surface area contributed by atoms with Crippen molar-refractivity contribution in [2.24, 2.45) is 5.41 Å². The number of halogens is 1. The van der Waals surface area contributed by atoms with Gasteiger partial charge in [0, 0.05) is 18.5 Å². The number of aliphatic hydroxyl groups is 1. The van der Waals surface area contributed by atoms with Gasteiger partial charge in [-0.15, -0.1) is 0 Å². The zero-order chi connectivity index (χ0) is 17.9. The third-order valence-electron chi connectivity index (χ3n) is 5.50. The number of hydrogen-bond acceptors (Lipinski definition) is 2. The van der Waals surface area contributed by atoms with Gasteiger partial charge < -0.3 is 5.11 Å². The van der Waals surface area contributed by atoms with Crippen molar-refractivity contribution in [1.82, 2.24) is 4.90 Å². The molecule has 25 heavy (non-hydrogen) atoms. The summed E-state index contributed by atoms with van der Waals surface area (Å²) in [7, 11) is 0. The highest BCUT2D eigenvalue weighted by Crippen LogP contribution is 2.34. The van der Waals surface area contributed by atoms with Crippen LogP contribution in [-0.4, -0.2) is 29.7 Å². The van der Waals surface area contributed by atoms with E-state index in [0.29, 0.717) is 12.0 Å². The van der Waals surface area contributed by atoms with E-state index < -0.39 is 0 Å². The standard InChI is InChI=1S/C22H28FNO/c1-17-8-9-18(2)20(12-17)14-24-11-5-10-22(15-24,16-25)13-19-6-3-4-7-21(19)23/h3-4,6-9,12,25H,5,10-11,13-16H2,1-2H3. The molecule has 1 unspecified atom stereocenters. The summed E-state index contributed by atoms with van der Waals surface area (Å²) < 4.78 is 14.1. The van der Waals surface area contributed by atoms with Gasteiger partial charge in [0.15, 0.2) is 0 Å². The van der Waals surface area contributed by atoms with Crippen molar-refractivity contribution in [3.8, 4) is 0 Å². The normalized spacial score (nSPS) is 21.4. The third kappa shape index (κ3) is 4.28. The van der Waals surface area contributed by atoms with Crippen LogP contribution in [0.25, 0.3) is 0 Å². The van der Waals surface area contributed by atoms with E-state index in [9.17, 15) is 9.50 Å². The second-order valence-corrected chi connectivity index (χ2v) is 7.67. The first-order chi connectivity index (χ1) is 12.0. The van der Waals surface area contributed by atoms with Gasteiger partial charge in [-0.25, -0.2) is 4.39 Å². The van der Waals surface area contributed by atoms with E-state index in [4.69, 9.17) is 0 Å². The summed E-state index contributed by atoms with van der Waals surface area (Å²) in [5.41, 5.74) is 4.39. The van der Waals surface area contributed by atoms with Crippen LogP contribution < -0.4 is 0 Å². The fraction of sp³-hybridized carbons (Fsp3) is 0.455. The molecule has 3 heteroatoms. The SMILES string of the molecule is Cc1ccc(C)c(CN2CCCC(CO)(Cc3ccccc3F)C2)c1. The maximum atomic E-state index is 14.1. The average Bonchev–Trinajstić information content (AvgIpc) is 2.60. The lowest BCUT2D eigenvalue weighted by atomic mass is 9.75. The van der Waals surface area contributed by atoms with Gasteiger partial charge in [0.1, 0.15) is 5.82 Å². The van der Waals surface area contributed by atoms with Gasteiger partial charge in [0.2, 0.25) is 0 Å². The highest BCUT2D eigenvalue weighted by Gasteiger charge is 2.35. The lowest BCUT2D eigenvalue weighted by Gasteiger charge is -2.42. The molecular formula is C22H28FNO. The molecule has 0 aromatic heterocycles. The first-order valence-corrected chi connectivity index (χ1v) is 9.14. The quantitative estimate of drug-likeness (QED) is 0.878. The van der Waals surface area contributed by atoms with Gasteiger partial charge in [-0.1, -0.05) is 42.0 Å². The van der Waals surface area contributed by atoms with Crippen molar-refractivity contribution in [2.45, 2.75) is 39.7 Å². The van der Waals surface area contributed by atoms with Crippen molar-refractivity contribution in [3.05, 3.63) is 70.5 Å². The number of piperidine rings is 1. The Kier molecular flexibility index (Phi) is 5.55. The Morgan fingerprint density at radius 2 is 1.92 bits per heavy atom. The van der Waals surface area contributed by atoms with Crippen molar-refractivity contribution in [2.75, 3.05) is 19.7 Å². The van der Waals surface area contributed by atoms with Crippen LogP contribution in [0.4, 0.5) is 4.39 Å². The Bertz CT molecular complexity index is 730. The Hall–Kier alpha value is -1.71. The molecule has 0 amide bonds. The molecule has 1 fully saturated rings. The number of nitrogens with zero attached hydrogens (tertiary/aromatic N) is 1. The first kappa shape index (κ1) is 18.1. The van der Waals surface area contributed by atoms with Crippen LogP contribution in [0.2, 0.25) is 0 Å². The minimum atomic E-state index is -0.252. The molecule has 134 valence electrons. The average molecular weight is 341 g/mol. The Morgan fingerprint density at radius 3 is 2.68 bits per heavy atom. The predicted molar refractivity (Wildman–Crippen MR) is 100 cm³/mol. The van der Waals surface area contributed by atoms with Gasteiger partial charge in [-0.05, 0) is 62.4 Å². The summed E-state index contributed by atoms with van der Waals surface area (Å²) in [4.78, 5) is 2.42. The molecule has 0 radical (unpaired) electrons. The highest BCUT2D eigenvalue weighted by atomic mass is 19.1. The van der Waals surface area contributed by atoms with E-state index in [-0.39, 0.29) is 17.8 Å². The van der Waals surface area contributed by atoms with Crippen LogP contribution in [0.1, 0.15) is 35.1 Å². The first-order valence-electron chi connectivity index (χ1n) is 9.14. The highest BCUT2D eigenvalue weighted by molar-refractivity contribution is 5.30. The molecule has 1 saturated heterocycles. The van der Waals surface area contributed by atoms with Gasteiger partial charge in [-0.3, -0.25) is 4.90 Å². The largest absolute Gasteiger partial charge is 0.396 e. The van der Waals surface area contributed by atoms with E-state index >= 15 is 0 Å². The summed E-state index contributed by atoms with van der Waals surface area (Å²) >= 11 is 0. The van der Waals surface area contributed by atoms with Crippen molar-refractivity contribution in [3.63, 3.8) is 0 Å². The molecule has 2 aromatic carbocycles. The zero-order valence-corrected chi connectivity index (χ0v) is 15.3. The molecule has 3 rings (SSSR count). The Labute approximate surface area is 150 Å². The minimum Gasteiger partial charge on any atom is -0.396 e. The molecule has 1 aliphatic heterocycles. The van der Waals surface area contributed by atoms with Crippen LogP contribution in [0.3, 0.4) is 0 Å². The van der Waals surface area contributed by atoms with Crippen molar-refractivity contribution < 1.29 is 9.50 Å². The third-order valence-corrected chi connectivity index (χ3v) is 5.50. The fourth-order valence-corrected chi connectivity index (χ4v) is 4.03. The van der Waals surface area contributed by atoms with Crippen LogP contribution in [0, 0.1) is 25.1 Å². The van der Waals surface area contributed by atoms with Crippen molar-refractivity contribution in [1.29, 1.82) is 0 Å². The minimum absolute atomic E-state index is 0.102. The van der Waals surface area contributed by atoms with Gasteiger partial charge in [0.05, 0.1) is 6.61 Å². The predicted octanol–water partition coefficient (Wildman–Crippen LogP) is 4.26. The van der Waals surface area contributed by atoms with Gasteiger partial charge >= 0.3 is 0 Å². The second kappa shape index (κ2) is 7.67. The molecule has 2 aromatic rings. The van der Waals surface area contributed by atoms with Gasteiger partial charge in [-0.2, -0.15) is 0 Å². The van der Waals surface area contributed by atoms with E-state index in [0.717, 1.165) is 32.5 Å². The summed E-state index contributed by atoms with van der Waals surface area (Å²) in [5, 5.41) is 10.1. The zero-order valence-electron chi connectivity index (χ0n) is 15.3. The Balaban J connectivity index is 1.76.